The van der Waals surface area contributed by atoms with Crippen LogP contribution >= 0.6 is 12.2 Å². The lowest BCUT2D eigenvalue weighted by molar-refractivity contribution is -0.120. The summed E-state index contributed by atoms with van der Waals surface area (Å²) in [6.07, 6.45) is 0.397. The third-order valence-corrected chi connectivity index (χ3v) is 2.41. The van der Waals surface area contributed by atoms with Crippen molar-refractivity contribution >= 4 is 28.9 Å². The molecule has 0 saturated heterocycles. The van der Waals surface area contributed by atoms with Crippen molar-refractivity contribution in [3.8, 4) is 0 Å². The molecule has 0 bridgehead atoms. The fourth-order valence-corrected chi connectivity index (χ4v) is 1.45. The van der Waals surface area contributed by atoms with Gasteiger partial charge < -0.3 is 16.4 Å². The minimum atomic E-state index is -0.0141. The lowest BCUT2D eigenvalue weighted by atomic mass is 10.2. The second-order valence-electron chi connectivity index (χ2n) is 3.60. The van der Waals surface area contributed by atoms with Crippen LogP contribution in [0.4, 0.5) is 5.82 Å². The van der Waals surface area contributed by atoms with Gasteiger partial charge in [-0.1, -0.05) is 12.2 Å². The number of amides is 1. The predicted octanol–water partition coefficient (Wildman–Crippen LogP) is 0.572. The summed E-state index contributed by atoms with van der Waals surface area (Å²) in [5.74, 6) is 0.663. The zero-order valence-electron chi connectivity index (χ0n) is 9.91. The van der Waals surface area contributed by atoms with Crippen molar-refractivity contribution in [2.45, 2.75) is 13.3 Å². The molecule has 92 valence electrons. The van der Waals surface area contributed by atoms with Crippen LogP contribution < -0.4 is 16.4 Å². The first-order chi connectivity index (χ1) is 8.02. The van der Waals surface area contributed by atoms with E-state index in [4.69, 9.17) is 18.0 Å². The first-order valence-corrected chi connectivity index (χ1v) is 5.66. The molecule has 4 N–H and O–H groups in total. The van der Waals surface area contributed by atoms with Gasteiger partial charge in [0.05, 0.1) is 0 Å². The molecule has 0 fully saturated rings. The third kappa shape index (κ3) is 4.36. The predicted molar refractivity (Wildman–Crippen MR) is 72.0 cm³/mol. The largest absolute Gasteiger partial charge is 0.389 e. The SMILES string of the molecule is CNC(=O)CCNc1cc(C(N)=S)cc(C)n1. The molecule has 0 aliphatic heterocycles. The number of aryl methyl sites for hydroxylation is 1. The van der Waals surface area contributed by atoms with Gasteiger partial charge in [-0.25, -0.2) is 4.98 Å². The minimum Gasteiger partial charge on any atom is -0.389 e. The summed E-state index contributed by atoms with van der Waals surface area (Å²) in [6.45, 7) is 2.39. The van der Waals surface area contributed by atoms with E-state index in [0.29, 0.717) is 23.8 Å². The summed E-state index contributed by atoms with van der Waals surface area (Å²) >= 11 is 4.91. The van der Waals surface area contributed by atoms with E-state index < -0.39 is 0 Å². The molecule has 0 spiro atoms. The fraction of sp³-hybridized carbons (Fsp3) is 0.364. The molecule has 1 heterocycles. The number of rotatable bonds is 5. The van der Waals surface area contributed by atoms with E-state index in [-0.39, 0.29) is 5.91 Å². The number of hydrogen-bond acceptors (Lipinski definition) is 4. The van der Waals surface area contributed by atoms with Gasteiger partial charge in [0.1, 0.15) is 10.8 Å². The van der Waals surface area contributed by atoms with Gasteiger partial charge in [0, 0.05) is 31.3 Å². The van der Waals surface area contributed by atoms with Crippen molar-refractivity contribution in [1.82, 2.24) is 10.3 Å². The number of pyridine rings is 1. The van der Waals surface area contributed by atoms with Crippen LogP contribution in [0.25, 0.3) is 0 Å². The Hall–Kier alpha value is -1.69. The van der Waals surface area contributed by atoms with E-state index in [1.807, 2.05) is 13.0 Å². The van der Waals surface area contributed by atoms with Crippen molar-refractivity contribution in [2.24, 2.45) is 5.73 Å². The molecular weight excluding hydrogens is 236 g/mol. The highest BCUT2D eigenvalue weighted by Crippen LogP contribution is 2.10. The number of hydrogen-bond donors (Lipinski definition) is 3. The smallest absolute Gasteiger partial charge is 0.221 e. The van der Waals surface area contributed by atoms with Gasteiger partial charge in [-0.05, 0) is 19.1 Å². The standard InChI is InChI=1S/C11H16N4OS/c1-7-5-8(11(12)17)6-9(15-7)14-4-3-10(16)13-2/h5-6H,3-4H2,1-2H3,(H2,12,17)(H,13,16)(H,14,15). The Balaban J connectivity index is 2.65. The van der Waals surface area contributed by atoms with Gasteiger partial charge in [0.15, 0.2) is 0 Å². The summed E-state index contributed by atoms with van der Waals surface area (Å²) in [5.41, 5.74) is 7.17. The Morgan fingerprint density at radius 3 is 2.82 bits per heavy atom. The summed E-state index contributed by atoms with van der Waals surface area (Å²) in [4.78, 5) is 15.7. The normalized spacial score (nSPS) is 9.76. The van der Waals surface area contributed by atoms with E-state index in [1.165, 1.54) is 0 Å². The molecule has 0 aromatic carbocycles. The summed E-state index contributed by atoms with van der Waals surface area (Å²) in [7, 11) is 1.61. The van der Waals surface area contributed by atoms with E-state index in [2.05, 4.69) is 15.6 Å². The first kappa shape index (κ1) is 13.4. The van der Waals surface area contributed by atoms with Gasteiger partial charge in [0.2, 0.25) is 5.91 Å². The number of nitrogens with one attached hydrogen (secondary N) is 2. The zero-order valence-corrected chi connectivity index (χ0v) is 10.7. The van der Waals surface area contributed by atoms with E-state index in [9.17, 15) is 4.79 Å². The first-order valence-electron chi connectivity index (χ1n) is 5.26. The Labute approximate surface area is 106 Å². The molecule has 1 aromatic rings. The molecule has 0 saturated carbocycles. The maximum atomic E-state index is 11.0. The van der Waals surface area contributed by atoms with Crippen LogP contribution in [0.5, 0.6) is 0 Å². The fourth-order valence-electron chi connectivity index (χ4n) is 1.33. The van der Waals surface area contributed by atoms with Crippen LogP contribution in [-0.4, -0.2) is 29.5 Å². The van der Waals surface area contributed by atoms with Crippen LogP contribution in [0.15, 0.2) is 12.1 Å². The maximum absolute atomic E-state index is 11.0. The quantitative estimate of drug-likeness (QED) is 0.668. The second-order valence-corrected chi connectivity index (χ2v) is 4.04. The number of aromatic nitrogens is 1. The monoisotopic (exact) mass is 252 g/mol. The summed E-state index contributed by atoms with van der Waals surface area (Å²) < 4.78 is 0. The highest BCUT2D eigenvalue weighted by Gasteiger charge is 2.03. The molecule has 0 aliphatic carbocycles. The van der Waals surface area contributed by atoms with E-state index in [1.54, 1.807) is 13.1 Å². The average molecular weight is 252 g/mol. The molecule has 1 aromatic heterocycles. The summed E-state index contributed by atoms with van der Waals surface area (Å²) in [5, 5.41) is 5.61. The molecule has 5 nitrogen and oxygen atoms in total. The van der Waals surface area contributed by atoms with Gasteiger partial charge in [-0.2, -0.15) is 0 Å². The lowest BCUT2D eigenvalue weighted by Gasteiger charge is -2.08. The maximum Gasteiger partial charge on any atom is 0.221 e. The molecule has 0 radical (unpaired) electrons. The van der Waals surface area contributed by atoms with Crippen LogP contribution in [0.2, 0.25) is 0 Å². The zero-order chi connectivity index (χ0) is 12.8. The topological polar surface area (TPSA) is 80.0 Å². The van der Waals surface area contributed by atoms with Crippen molar-refractivity contribution < 1.29 is 4.79 Å². The average Bonchev–Trinajstić information content (AvgIpc) is 2.28. The number of carbonyl (C=O) groups is 1. The number of anilines is 1. The van der Waals surface area contributed by atoms with Crippen molar-refractivity contribution in [3.63, 3.8) is 0 Å². The molecule has 6 heteroatoms. The van der Waals surface area contributed by atoms with Crippen molar-refractivity contribution in [3.05, 3.63) is 23.4 Å². The van der Waals surface area contributed by atoms with Gasteiger partial charge in [-0.15, -0.1) is 0 Å². The Bertz CT molecular complexity index is 433. The Morgan fingerprint density at radius 2 is 2.24 bits per heavy atom. The highest BCUT2D eigenvalue weighted by atomic mass is 32.1. The van der Waals surface area contributed by atoms with Crippen molar-refractivity contribution in [1.29, 1.82) is 0 Å². The summed E-state index contributed by atoms with van der Waals surface area (Å²) in [6, 6.07) is 3.60. The van der Waals surface area contributed by atoms with Gasteiger partial charge in [-0.3, -0.25) is 4.79 Å². The highest BCUT2D eigenvalue weighted by molar-refractivity contribution is 7.80. The molecule has 0 aliphatic rings. The van der Waals surface area contributed by atoms with Crippen molar-refractivity contribution in [2.75, 3.05) is 18.9 Å². The molecule has 1 rings (SSSR count). The third-order valence-electron chi connectivity index (χ3n) is 2.17. The number of thiocarbonyl (C=S) groups is 1. The minimum absolute atomic E-state index is 0.0141. The number of carbonyl (C=O) groups excluding carboxylic acids is 1. The number of nitrogens with two attached hydrogens (primary N) is 1. The molecule has 17 heavy (non-hydrogen) atoms. The van der Waals surface area contributed by atoms with Gasteiger partial charge in [0.25, 0.3) is 0 Å². The Kier molecular flexibility index (Phi) is 4.84. The molecule has 1 amide bonds. The van der Waals surface area contributed by atoms with Crippen LogP contribution in [0.3, 0.4) is 0 Å². The van der Waals surface area contributed by atoms with Crippen LogP contribution in [0, 0.1) is 6.92 Å². The van der Waals surface area contributed by atoms with E-state index in [0.717, 1.165) is 11.3 Å². The molecule has 0 unspecified atom stereocenters. The van der Waals surface area contributed by atoms with Crippen LogP contribution in [0.1, 0.15) is 17.7 Å². The molecular formula is C11H16N4OS. The Morgan fingerprint density at radius 1 is 1.53 bits per heavy atom. The lowest BCUT2D eigenvalue weighted by Crippen LogP contribution is -2.21. The number of nitrogens with zero attached hydrogens (tertiary/aromatic N) is 1. The van der Waals surface area contributed by atoms with Gasteiger partial charge >= 0.3 is 0 Å². The van der Waals surface area contributed by atoms with E-state index >= 15 is 0 Å². The van der Waals surface area contributed by atoms with Crippen LogP contribution in [-0.2, 0) is 4.79 Å². The molecule has 0 atom stereocenters. The second kappa shape index (κ2) is 6.15.